The lowest BCUT2D eigenvalue weighted by molar-refractivity contribution is 1.82. The van der Waals surface area contributed by atoms with Crippen LogP contribution in [-0.2, 0) is 0 Å². The minimum atomic E-state index is 0.667. The van der Waals surface area contributed by atoms with Gasteiger partial charge in [-0.3, -0.25) is 0 Å². The molecule has 0 amide bonds. The molecule has 0 N–H and O–H groups in total. The summed E-state index contributed by atoms with van der Waals surface area (Å²) in [5.41, 5.74) is 0.667. The lowest BCUT2D eigenvalue weighted by Gasteiger charge is -1.92. The second-order valence-corrected chi connectivity index (χ2v) is 0.750. The number of hydrogen-bond acceptors (Lipinski definition) is 0. The molecule has 0 saturated heterocycles. The summed E-state index contributed by atoms with van der Waals surface area (Å²) in [6.45, 7) is 10.0. The van der Waals surface area contributed by atoms with Crippen LogP contribution in [0.3, 0.4) is 0 Å². The molecule has 0 aromatic heterocycles. The molecule has 0 aliphatic heterocycles. The lowest BCUT2D eigenvalue weighted by Crippen LogP contribution is -1.46. The van der Waals surface area contributed by atoms with Gasteiger partial charge in [0.1, 0.15) is 0 Å². The molecule has 0 heterocycles. The van der Waals surface area contributed by atoms with Crippen LogP contribution in [0.15, 0.2) is 12.2 Å². The van der Waals surface area contributed by atoms with Crippen molar-refractivity contribution in [1.82, 2.24) is 0 Å². The van der Waals surface area contributed by atoms with Crippen LogP contribution in [0.1, 0.15) is 0 Å². The molecule has 0 rings (SSSR count). The molecule has 0 atom stereocenters. The second kappa shape index (κ2) is 0.883. The van der Waals surface area contributed by atoms with Gasteiger partial charge in [0.2, 0.25) is 0 Å². The Hall–Kier alpha value is -0.520. The third kappa shape index (κ3) is 1.26. The minimum absolute atomic E-state index is 0.667. The van der Waals surface area contributed by atoms with Gasteiger partial charge in [0.05, 0.1) is 0 Å². The highest BCUT2D eigenvalue weighted by molar-refractivity contribution is 4.99. The van der Waals surface area contributed by atoms with Crippen molar-refractivity contribution in [2.24, 2.45) is 0 Å². The van der Waals surface area contributed by atoms with E-state index in [1.54, 1.807) is 0 Å². The summed E-state index contributed by atoms with van der Waals surface area (Å²) < 4.78 is 0. The van der Waals surface area contributed by atoms with Gasteiger partial charge >= 0.3 is 0 Å². The first kappa shape index (κ1) is 3.48. The Kier molecular flexibility index (Phi) is 0.768. The van der Waals surface area contributed by atoms with Crippen LogP contribution in [0, 0.1) is 13.8 Å². The smallest absolute Gasteiger partial charge is 0.314 e. The number of rotatable bonds is 0. The highest BCUT2D eigenvalue weighted by Crippen LogP contribution is 1.71. The Bertz CT molecular complexity index is 23.0. The molecule has 0 saturated carbocycles. The van der Waals surface area contributed by atoms with Gasteiger partial charge < -0.3 is 26.0 Å². The summed E-state index contributed by atoms with van der Waals surface area (Å²) in [6, 6.07) is 0. The average molecular weight is 54.1 g/mol. The molecule has 0 bridgehead atoms. The van der Waals surface area contributed by atoms with E-state index in [0.29, 0.717) is 5.57 Å². The predicted molar refractivity (Wildman–Crippen MR) is 19.9 cm³/mol. The zero-order valence-corrected chi connectivity index (χ0v) is 2.62. The molecule has 0 unspecified atom stereocenters. The van der Waals surface area contributed by atoms with E-state index in [0.717, 1.165) is 0 Å². The van der Waals surface area contributed by atoms with Gasteiger partial charge in [0.25, 0.3) is 0 Å². The largest absolute Gasteiger partial charge is 0.372 e. The van der Waals surface area contributed by atoms with Crippen molar-refractivity contribution in [1.29, 1.82) is 0 Å². The first-order valence-corrected chi connectivity index (χ1v) is 1.06. The van der Waals surface area contributed by atoms with E-state index in [9.17, 15) is 0 Å². The minimum Gasteiger partial charge on any atom is -0.372 e. The highest BCUT2D eigenvalue weighted by atomic mass is 13.6. The predicted octanol–water partition coefficient (Wildman–Crippen LogP) is 1.21. The summed E-state index contributed by atoms with van der Waals surface area (Å²) in [5.74, 6) is 0. The maximum atomic E-state index is 3.33. The van der Waals surface area contributed by atoms with Crippen molar-refractivity contribution >= 4 is 0 Å². The maximum absolute atomic E-state index is 3.33. The first-order valence-electron chi connectivity index (χ1n) is 1.06. The molecule has 0 heteroatoms. The molecule has 0 aliphatic carbocycles. The zero-order chi connectivity index (χ0) is 3.58. The summed E-state index contributed by atoms with van der Waals surface area (Å²) in [7, 11) is 0. The third-order valence-corrected chi connectivity index (χ3v) is 0. The van der Waals surface area contributed by atoms with Gasteiger partial charge in [0, 0.05) is 0 Å². The first-order chi connectivity index (χ1) is 1.73. The highest BCUT2D eigenvalue weighted by Gasteiger charge is 1.24. The van der Waals surface area contributed by atoms with Gasteiger partial charge in [-0.25, -0.2) is 0 Å². The third-order valence-electron chi connectivity index (χ3n) is 0. The molecule has 0 spiro atoms. The Morgan fingerprint density at radius 3 is 1.50 bits per heavy atom. The van der Waals surface area contributed by atoms with Crippen LogP contribution in [0.5, 0.6) is 0 Å². The van der Waals surface area contributed by atoms with Gasteiger partial charge in [0.15, 0.2) is 0 Å². The van der Waals surface area contributed by atoms with Gasteiger partial charge in [-0.2, -0.15) is 0 Å². The molecular formula is C4H6-2. The number of allylic oxidation sites excluding steroid dienone is 1. The molecule has 4 heavy (non-hydrogen) atoms. The Morgan fingerprint density at radius 2 is 1.50 bits per heavy atom. The van der Waals surface area contributed by atoms with E-state index < -0.39 is 0 Å². The van der Waals surface area contributed by atoms with Gasteiger partial charge in [-0.15, -0.1) is 0 Å². The quantitative estimate of drug-likeness (QED) is 0.365. The average Bonchev–Trinajstić information content (AvgIpc) is 0.811. The van der Waals surface area contributed by atoms with E-state index in [1.165, 1.54) is 0 Å². The van der Waals surface area contributed by atoms with Crippen LogP contribution in [0.4, 0.5) is 0 Å². The van der Waals surface area contributed by atoms with Crippen LogP contribution in [0.2, 0.25) is 0 Å². The molecule has 0 aliphatic rings. The molecule has 24 valence electrons. The van der Waals surface area contributed by atoms with E-state index >= 15 is 0 Å². The molecule has 0 aromatic rings. The zero-order valence-electron chi connectivity index (χ0n) is 2.62. The van der Waals surface area contributed by atoms with Crippen LogP contribution >= 0.6 is 0 Å². The fraction of sp³-hybridized carbons (Fsp3) is 0. The van der Waals surface area contributed by atoms with Crippen molar-refractivity contribution in [3.8, 4) is 0 Å². The Labute approximate surface area is 27.1 Å². The van der Waals surface area contributed by atoms with E-state index in [-0.39, 0.29) is 0 Å². The lowest BCUT2D eigenvalue weighted by atomic mass is 10.4. The summed E-state index contributed by atoms with van der Waals surface area (Å²) in [6.07, 6.45) is 0. The van der Waals surface area contributed by atoms with Crippen molar-refractivity contribution in [3.05, 3.63) is 26.0 Å². The fourth-order valence-electron chi connectivity index (χ4n) is 0. The van der Waals surface area contributed by atoms with Crippen LogP contribution < -0.4 is 0 Å². The van der Waals surface area contributed by atoms with Crippen molar-refractivity contribution < 1.29 is 0 Å². The van der Waals surface area contributed by atoms with Gasteiger partial charge in [-0.05, 0) is 0 Å². The van der Waals surface area contributed by atoms with E-state index in [1.807, 2.05) is 0 Å². The van der Waals surface area contributed by atoms with Crippen LogP contribution in [0.25, 0.3) is 0 Å². The van der Waals surface area contributed by atoms with Crippen molar-refractivity contribution in [3.63, 3.8) is 0 Å². The standard InChI is InChI=1S/C4H6/c1-4(2)3/h1-3H2/q-2. The number of hydrogen-bond donors (Lipinski definition) is 0. The second-order valence-electron chi connectivity index (χ2n) is 0.750. The van der Waals surface area contributed by atoms with Crippen molar-refractivity contribution in [2.75, 3.05) is 0 Å². The Morgan fingerprint density at radius 1 is 1.50 bits per heavy atom. The normalized spacial score (nSPS) is 6.00. The maximum Gasteiger partial charge on any atom is -0.314 e. The topological polar surface area (TPSA) is 0 Å². The fourth-order valence-corrected chi connectivity index (χ4v) is 0. The van der Waals surface area contributed by atoms with Crippen molar-refractivity contribution in [2.45, 2.75) is 0 Å². The monoisotopic (exact) mass is 54.0 g/mol. The van der Waals surface area contributed by atoms with Gasteiger partial charge in [-0.1, -0.05) is 0 Å². The molecule has 0 nitrogen and oxygen atoms in total. The van der Waals surface area contributed by atoms with Crippen LogP contribution in [-0.4, -0.2) is 0 Å². The molecular weight excluding hydrogens is 48.0 g/mol. The molecule has 0 fully saturated rings. The van der Waals surface area contributed by atoms with E-state index in [2.05, 4.69) is 20.4 Å². The Balaban J connectivity index is 2.80. The summed E-state index contributed by atoms with van der Waals surface area (Å²) in [4.78, 5) is 0. The summed E-state index contributed by atoms with van der Waals surface area (Å²) in [5, 5.41) is 0. The SMILES string of the molecule is C=C([CH2-])[CH2-]. The summed E-state index contributed by atoms with van der Waals surface area (Å²) >= 11 is 0. The molecule has 0 aromatic carbocycles. The molecule has 0 radical (unpaired) electrons. The van der Waals surface area contributed by atoms with E-state index in [4.69, 9.17) is 0 Å².